The van der Waals surface area contributed by atoms with Gasteiger partial charge in [-0.25, -0.2) is 0 Å². The van der Waals surface area contributed by atoms with Crippen molar-refractivity contribution in [2.45, 2.75) is 12.8 Å². The summed E-state index contributed by atoms with van der Waals surface area (Å²) in [5.41, 5.74) is 6.38. The molecule has 1 rings (SSSR count). The summed E-state index contributed by atoms with van der Waals surface area (Å²) in [6.45, 7) is 0.958. The van der Waals surface area contributed by atoms with Crippen molar-refractivity contribution in [1.82, 2.24) is 4.90 Å². The molecule has 0 radical (unpaired) electrons. The number of nitrogens with two attached hydrogens (primary N) is 1. The zero-order valence-electron chi connectivity index (χ0n) is 5.30. The number of hydrogen-bond acceptors (Lipinski definition) is 2. The molecule has 0 aromatic carbocycles. The lowest BCUT2D eigenvalue weighted by molar-refractivity contribution is 0.564. The Morgan fingerprint density at radius 1 is 1.78 bits per heavy atom. The molecule has 1 saturated heterocycles. The number of hydrogen-bond donors (Lipinski definition) is 1. The van der Waals surface area contributed by atoms with Gasteiger partial charge in [-0.05, 0) is 12.8 Å². The van der Waals surface area contributed by atoms with E-state index in [4.69, 9.17) is 12.2 Å². The number of terminal acetylenes is 1. The molecule has 2 heteroatoms. The smallest absolute Gasteiger partial charge is 0.0416 e. The molecule has 0 bridgehead atoms. The van der Waals surface area contributed by atoms with Crippen LogP contribution in [-0.4, -0.2) is 11.4 Å². The summed E-state index contributed by atoms with van der Waals surface area (Å²) in [5, 5.41) is 0. The van der Waals surface area contributed by atoms with Crippen LogP contribution in [-0.2, 0) is 0 Å². The van der Waals surface area contributed by atoms with E-state index in [1.165, 1.54) is 0 Å². The third kappa shape index (κ3) is 0.996. The number of nitrogens with zero attached hydrogens (tertiary/aromatic N) is 1. The van der Waals surface area contributed by atoms with Crippen molar-refractivity contribution in [3.63, 3.8) is 0 Å². The molecular formula is C7H10N2. The van der Waals surface area contributed by atoms with Gasteiger partial charge in [0.2, 0.25) is 0 Å². The van der Waals surface area contributed by atoms with Crippen LogP contribution in [0.2, 0.25) is 0 Å². The fourth-order valence-electron chi connectivity index (χ4n) is 1.02. The highest BCUT2D eigenvalue weighted by atomic mass is 15.1. The van der Waals surface area contributed by atoms with Crippen LogP contribution >= 0.6 is 0 Å². The normalized spacial score (nSPS) is 22.6. The van der Waals surface area contributed by atoms with Gasteiger partial charge in [0.25, 0.3) is 0 Å². The first-order valence-corrected chi connectivity index (χ1v) is 3.03. The summed E-state index contributed by atoms with van der Waals surface area (Å²) in [6.07, 6.45) is 8.93. The molecule has 0 amide bonds. The van der Waals surface area contributed by atoms with Gasteiger partial charge in [-0.3, -0.25) is 0 Å². The second-order valence-corrected chi connectivity index (χ2v) is 2.04. The van der Waals surface area contributed by atoms with E-state index in [2.05, 4.69) is 6.04 Å². The van der Waals surface area contributed by atoms with Crippen LogP contribution in [0.1, 0.15) is 12.8 Å². The molecule has 1 fully saturated rings. The van der Waals surface area contributed by atoms with Crippen LogP contribution in [0, 0.1) is 12.5 Å². The number of likely N-dealkylation sites (tertiary alicyclic amines) is 1. The average Bonchev–Trinajstić information content (AvgIpc) is 2.33. The molecule has 2 N–H and O–H groups in total. The minimum Gasteiger partial charge on any atom is -0.403 e. The largest absolute Gasteiger partial charge is 0.403 e. The van der Waals surface area contributed by atoms with Gasteiger partial charge in [-0.15, -0.1) is 0 Å². The zero-order chi connectivity index (χ0) is 6.69. The molecule has 1 heterocycles. The average molecular weight is 122 g/mol. The maximum atomic E-state index is 5.30. The standard InChI is InChI=1S/C7H10N2/c1-2-9-5-3-4-7(9)6-8/h1,6H,3-5,8H2/b7-6+. The highest BCUT2D eigenvalue weighted by Gasteiger charge is 2.12. The number of rotatable bonds is 0. The van der Waals surface area contributed by atoms with Crippen LogP contribution < -0.4 is 5.73 Å². The molecule has 48 valence electrons. The van der Waals surface area contributed by atoms with Gasteiger partial charge >= 0.3 is 0 Å². The predicted molar refractivity (Wildman–Crippen MR) is 37.0 cm³/mol. The summed E-state index contributed by atoms with van der Waals surface area (Å²) < 4.78 is 0. The van der Waals surface area contributed by atoms with Crippen LogP contribution in [0.25, 0.3) is 0 Å². The van der Waals surface area contributed by atoms with Crippen LogP contribution in [0.4, 0.5) is 0 Å². The van der Waals surface area contributed by atoms with E-state index in [1.807, 2.05) is 4.90 Å². The summed E-state index contributed by atoms with van der Waals surface area (Å²) >= 11 is 0. The maximum absolute atomic E-state index is 5.30. The van der Waals surface area contributed by atoms with Gasteiger partial charge in [0, 0.05) is 24.5 Å². The topological polar surface area (TPSA) is 29.3 Å². The molecule has 0 saturated carbocycles. The van der Waals surface area contributed by atoms with E-state index in [0.29, 0.717) is 0 Å². The molecule has 0 atom stereocenters. The van der Waals surface area contributed by atoms with Crippen LogP contribution in [0.3, 0.4) is 0 Å². The third-order valence-electron chi connectivity index (χ3n) is 1.51. The van der Waals surface area contributed by atoms with E-state index >= 15 is 0 Å². The summed E-state index contributed by atoms with van der Waals surface area (Å²) in [6, 6.07) is 2.55. The van der Waals surface area contributed by atoms with Crippen molar-refractivity contribution in [2.75, 3.05) is 6.54 Å². The van der Waals surface area contributed by atoms with Gasteiger partial charge < -0.3 is 10.6 Å². The van der Waals surface area contributed by atoms with Crippen molar-refractivity contribution >= 4 is 0 Å². The number of allylic oxidation sites excluding steroid dienone is 1. The first kappa shape index (κ1) is 6.03. The SMILES string of the molecule is C#CN1CCC/C1=C\N. The van der Waals surface area contributed by atoms with E-state index in [1.54, 1.807) is 6.20 Å². The summed E-state index contributed by atoms with van der Waals surface area (Å²) in [4.78, 5) is 1.85. The van der Waals surface area contributed by atoms with Gasteiger partial charge in [0.1, 0.15) is 0 Å². The highest BCUT2D eigenvalue weighted by molar-refractivity contribution is 5.11. The summed E-state index contributed by atoms with van der Waals surface area (Å²) in [5.74, 6) is 0. The van der Waals surface area contributed by atoms with Gasteiger partial charge in [0.15, 0.2) is 0 Å². The van der Waals surface area contributed by atoms with Crippen molar-refractivity contribution in [3.05, 3.63) is 11.9 Å². The second-order valence-electron chi connectivity index (χ2n) is 2.04. The zero-order valence-corrected chi connectivity index (χ0v) is 5.30. The molecule has 2 nitrogen and oxygen atoms in total. The lowest BCUT2D eigenvalue weighted by atomic mass is 10.3. The first-order chi connectivity index (χ1) is 4.38. The van der Waals surface area contributed by atoms with Crippen molar-refractivity contribution in [1.29, 1.82) is 0 Å². The van der Waals surface area contributed by atoms with E-state index in [9.17, 15) is 0 Å². The van der Waals surface area contributed by atoms with Gasteiger partial charge in [0.05, 0.1) is 0 Å². The fraction of sp³-hybridized carbons (Fsp3) is 0.429. The van der Waals surface area contributed by atoms with E-state index < -0.39 is 0 Å². The van der Waals surface area contributed by atoms with E-state index in [0.717, 1.165) is 25.1 Å². The Morgan fingerprint density at radius 2 is 2.56 bits per heavy atom. The first-order valence-electron chi connectivity index (χ1n) is 3.03. The molecule has 1 aliphatic rings. The monoisotopic (exact) mass is 122 g/mol. The Balaban J connectivity index is 2.65. The van der Waals surface area contributed by atoms with Crippen molar-refractivity contribution in [3.8, 4) is 12.5 Å². The summed E-state index contributed by atoms with van der Waals surface area (Å²) in [7, 11) is 0. The molecule has 9 heavy (non-hydrogen) atoms. The Labute approximate surface area is 55.3 Å². The second kappa shape index (κ2) is 2.45. The van der Waals surface area contributed by atoms with Gasteiger partial charge in [-0.2, -0.15) is 0 Å². The Morgan fingerprint density at radius 3 is 3.00 bits per heavy atom. The maximum Gasteiger partial charge on any atom is 0.0416 e. The Kier molecular flexibility index (Phi) is 1.64. The van der Waals surface area contributed by atoms with Gasteiger partial charge in [-0.1, -0.05) is 6.42 Å². The highest BCUT2D eigenvalue weighted by Crippen LogP contribution is 2.17. The minimum atomic E-state index is 0.958. The minimum absolute atomic E-state index is 0.958. The third-order valence-corrected chi connectivity index (χ3v) is 1.51. The van der Waals surface area contributed by atoms with Crippen LogP contribution in [0.5, 0.6) is 0 Å². The lowest BCUT2D eigenvalue weighted by Crippen LogP contribution is -2.10. The quantitative estimate of drug-likeness (QED) is 0.473. The van der Waals surface area contributed by atoms with E-state index in [-0.39, 0.29) is 0 Å². The lowest BCUT2D eigenvalue weighted by Gasteiger charge is -2.08. The van der Waals surface area contributed by atoms with Crippen LogP contribution in [0.15, 0.2) is 11.9 Å². The molecule has 0 aromatic heterocycles. The molecule has 0 unspecified atom stereocenters. The molecule has 1 aliphatic heterocycles. The molecule has 0 aromatic rings. The Hall–Kier alpha value is -1.10. The molecule has 0 aliphatic carbocycles. The van der Waals surface area contributed by atoms with Crippen molar-refractivity contribution in [2.24, 2.45) is 5.73 Å². The Bertz CT molecular complexity index is 164. The predicted octanol–water partition coefficient (Wildman–Crippen LogP) is 0.473. The molecule has 0 spiro atoms. The molecular weight excluding hydrogens is 112 g/mol. The van der Waals surface area contributed by atoms with Crippen molar-refractivity contribution < 1.29 is 0 Å². The fourth-order valence-corrected chi connectivity index (χ4v) is 1.02.